The summed E-state index contributed by atoms with van der Waals surface area (Å²) in [7, 11) is 0. The molecule has 1 aromatic heterocycles. The molecule has 5 nitrogen and oxygen atoms in total. The summed E-state index contributed by atoms with van der Waals surface area (Å²) in [5.41, 5.74) is 0.798. The van der Waals surface area contributed by atoms with E-state index in [1.165, 1.54) is 0 Å². The Morgan fingerprint density at radius 1 is 1.38 bits per heavy atom. The van der Waals surface area contributed by atoms with Crippen molar-refractivity contribution in [3.05, 3.63) is 11.4 Å². The van der Waals surface area contributed by atoms with Crippen LogP contribution in [0.1, 0.15) is 56.2 Å². The lowest BCUT2D eigenvalue weighted by Crippen LogP contribution is -2.11. The molecule has 1 rings (SSSR count). The lowest BCUT2D eigenvalue weighted by atomic mass is 10.1. The van der Waals surface area contributed by atoms with Crippen molar-refractivity contribution in [2.24, 2.45) is 5.92 Å². The number of aromatic carboxylic acids is 1. The van der Waals surface area contributed by atoms with Gasteiger partial charge in [-0.15, -0.1) is 5.10 Å². The standard InChI is InChI=1S/C11H19N3O2/c1-7(2)5-6-14-10(8(3)4)9(11(15)16)12-13-14/h7-8H,5-6H2,1-4H3,(H,15,16). The van der Waals surface area contributed by atoms with Crippen LogP contribution < -0.4 is 0 Å². The highest BCUT2D eigenvalue weighted by Crippen LogP contribution is 2.18. The summed E-state index contributed by atoms with van der Waals surface area (Å²) in [6, 6.07) is 0. The van der Waals surface area contributed by atoms with E-state index in [9.17, 15) is 4.79 Å². The van der Waals surface area contributed by atoms with Crippen molar-refractivity contribution in [1.29, 1.82) is 0 Å². The summed E-state index contributed by atoms with van der Waals surface area (Å²) in [5, 5.41) is 16.6. The lowest BCUT2D eigenvalue weighted by molar-refractivity contribution is 0.0688. The Labute approximate surface area is 95.5 Å². The van der Waals surface area contributed by atoms with Crippen molar-refractivity contribution in [3.8, 4) is 0 Å². The average molecular weight is 225 g/mol. The summed E-state index contributed by atoms with van der Waals surface area (Å²) in [6.45, 7) is 8.90. The maximum atomic E-state index is 11.0. The Bertz CT molecular complexity index is 369. The lowest BCUT2D eigenvalue weighted by Gasteiger charge is -2.10. The van der Waals surface area contributed by atoms with Crippen LogP contribution in [0, 0.1) is 5.92 Å². The molecule has 0 aliphatic heterocycles. The molecule has 0 fully saturated rings. The maximum Gasteiger partial charge on any atom is 0.358 e. The summed E-state index contributed by atoms with van der Waals surface area (Å²) in [6.07, 6.45) is 0.974. The molecule has 0 saturated carbocycles. The van der Waals surface area contributed by atoms with E-state index in [-0.39, 0.29) is 11.6 Å². The zero-order chi connectivity index (χ0) is 12.3. The Morgan fingerprint density at radius 3 is 2.44 bits per heavy atom. The Hall–Kier alpha value is -1.39. The van der Waals surface area contributed by atoms with Gasteiger partial charge in [0.2, 0.25) is 0 Å². The van der Waals surface area contributed by atoms with Gasteiger partial charge in [-0.05, 0) is 18.3 Å². The fourth-order valence-corrected chi connectivity index (χ4v) is 1.59. The monoisotopic (exact) mass is 225 g/mol. The highest BCUT2D eigenvalue weighted by molar-refractivity contribution is 5.86. The first-order valence-electron chi connectivity index (χ1n) is 5.60. The van der Waals surface area contributed by atoms with Crippen molar-refractivity contribution in [3.63, 3.8) is 0 Å². The zero-order valence-electron chi connectivity index (χ0n) is 10.3. The van der Waals surface area contributed by atoms with Gasteiger partial charge in [0.25, 0.3) is 0 Å². The van der Waals surface area contributed by atoms with E-state index in [1.807, 2.05) is 13.8 Å². The third kappa shape index (κ3) is 2.81. The molecule has 0 aliphatic rings. The topological polar surface area (TPSA) is 68.0 Å². The number of hydrogen-bond donors (Lipinski definition) is 1. The van der Waals surface area contributed by atoms with Crippen LogP contribution >= 0.6 is 0 Å². The summed E-state index contributed by atoms with van der Waals surface area (Å²) in [5.74, 6) is -0.315. The van der Waals surface area contributed by atoms with Crippen LogP contribution in [0.4, 0.5) is 0 Å². The Kier molecular flexibility index (Phi) is 4.04. The van der Waals surface area contributed by atoms with Gasteiger partial charge in [-0.1, -0.05) is 32.9 Å². The number of carboxylic acid groups (broad SMARTS) is 1. The summed E-state index contributed by atoms with van der Waals surface area (Å²) >= 11 is 0. The van der Waals surface area contributed by atoms with Gasteiger partial charge < -0.3 is 5.11 Å². The molecule has 0 atom stereocenters. The molecule has 1 aromatic rings. The molecule has 0 aromatic carbocycles. The first-order chi connectivity index (χ1) is 7.43. The highest BCUT2D eigenvalue weighted by atomic mass is 16.4. The molecule has 1 heterocycles. The van der Waals surface area contributed by atoms with Gasteiger partial charge in [-0.3, -0.25) is 0 Å². The van der Waals surface area contributed by atoms with Crippen molar-refractivity contribution in [1.82, 2.24) is 15.0 Å². The average Bonchev–Trinajstić information content (AvgIpc) is 2.57. The molecule has 0 spiro atoms. The molecule has 0 amide bonds. The fourth-order valence-electron chi connectivity index (χ4n) is 1.59. The quantitative estimate of drug-likeness (QED) is 0.833. The molecule has 0 unspecified atom stereocenters. The van der Waals surface area contributed by atoms with E-state index in [0.717, 1.165) is 13.0 Å². The zero-order valence-corrected chi connectivity index (χ0v) is 10.3. The number of rotatable bonds is 5. The van der Waals surface area contributed by atoms with Crippen molar-refractivity contribution < 1.29 is 9.90 Å². The number of hydrogen-bond acceptors (Lipinski definition) is 3. The first kappa shape index (κ1) is 12.7. The van der Waals surface area contributed by atoms with Crippen molar-refractivity contribution in [2.75, 3.05) is 0 Å². The maximum absolute atomic E-state index is 11.0. The third-order valence-electron chi connectivity index (χ3n) is 2.44. The van der Waals surface area contributed by atoms with Crippen LogP contribution in [-0.4, -0.2) is 26.1 Å². The number of aryl methyl sites for hydroxylation is 1. The second kappa shape index (κ2) is 5.09. The number of aromatic nitrogens is 3. The van der Waals surface area contributed by atoms with E-state index >= 15 is 0 Å². The van der Waals surface area contributed by atoms with E-state index in [0.29, 0.717) is 11.6 Å². The minimum atomic E-state index is -1.00. The molecular weight excluding hydrogens is 206 g/mol. The van der Waals surface area contributed by atoms with Crippen LogP contribution in [0.15, 0.2) is 0 Å². The van der Waals surface area contributed by atoms with E-state index in [4.69, 9.17) is 5.11 Å². The smallest absolute Gasteiger partial charge is 0.358 e. The van der Waals surface area contributed by atoms with Crippen LogP contribution in [0.2, 0.25) is 0 Å². The third-order valence-corrected chi connectivity index (χ3v) is 2.44. The molecule has 0 saturated heterocycles. The molecule has 0 aliphatic carbocycles. The van der Waals surface area contributed by atoms with Crippen molar-refractivity contribution in [2.45, 2.75) is 46.6 Å². The Morgan fingerprint density at radius 2 is 2.00 bits per heavy atom. The van der Waals surface area contributed by atoms with E-state index < -0.39 is 5.97 Å². The van der Waals surface area contributed by atoms with Crippen LogP contribution in [0.25, 0.3) is 0 Å². The van der Waals surface area contributed by atoms with Gasteiger partial charge in [0.15, 0.2) is 5.69 Å². The molecule has 5 heteroatoms. The van der Waals surface area contributed by atoms with E-state index in [1.54, 1.807) is 4.68 Å². The molecule has 1 N–H and O–H groups in total. The molecule has 0 radical (unpaired) electrons. The number of carboxylic acids is 1. The second-order valence-corrected chi connectivity index (χ2v) is 4.69. The van der Waals surface area contributed by atoms with Gasteiger partial charge in [0.1, 0.15) is 0 Å². The van der Waals surface area contributed by atoms with Gasteiger partial charge in [0, 0.05) is 6.54 Å². The number of nitrogens with zero attached hydrogens (tertiary/aromatic N) is 3. The van der Waals surface area contributed by atoms with Crippen LogP contribution in [-0.2, 0) is 6.54 Å². The van der Waals surface area contributed by atoms with Gasteiger partial charge in [-0.25, -0.2) is 9.48 Å². The molecule has 90 valence electrons. The fraction of sp³-hybridized carbons (Fsp3) is 0.727. The van der Waals surface area contributed by atoms with Crippen LogP contribution in [0.5, 0.6) is 0 Å². The predicted molar refractivity (Wildman–Crippen MR) is 60.5 cm³/mol. The largest absolute Gasteiger partial charge is 0.476 e. The van der Waals surface area contributed by atoms with E-state index in [2.05, 4.69) is 24.2 Å². The normalized spacial score (nSPS) is 11.4. The molecule has 16 heavy (non-hydrogen) atoms. The van der Waals surface area contributed by atoms with Gasteiger partial charge in [0.05, 0.1) is 5.69 Å². The molecular formula is C11H19N3O2. The molecule has 0 bridgehead atoms. The number of carbonyl (C=O) groups is 1. The van der Waals surface area contributed by atoms with Gasteiger partial charge in [-0.2, -0.15) is 0 Å². The highest BCUT2D eigenvalue weighted by Gasteiger charge is 2.21. The van der Waals surface area contributed by atoms with Crippen molar-refractivity contribution >= 4 is 5.97 Å². The second-order valence-electron chi connectivity index (χ2n) is 4.69. The SMILES string of the molecule is CC(C)CCn1nnc(C(=O)O)c1C(C)C. The summed E-state index contributed by atoms with van der Waals surface area (Å²) in [4.78, 5) is 11.0. The summed E-state index contributed by atoms with van der Waals surface area (Å²) < 4.78 is 1.72. The van der Waals surface area contributed by atoms with Crippen LogP contribution in [0.3, 0.4) is 0 Å². The minimum Gasteiger partial charge on any atom is -0.476 e. The predicted octanol–water partition coefficient (Wildman–Crippen LogP) is 2.15. The Balaban J connectivity index is 2.96. The van der Waals surface area contributed by atoms with Gasteiger partial charge >= 0.3 is 5.97 Å². The minimum absolute atomic E-state index is 0.0822. The first-order valence-corrected chi connectivity index (χ1v) is 5.60.